The van der Waals surface area contributed by atoms with E-state index in [9.17, 15) is 32.8 Å². The number of carboxylic acid groups (broad SMARTS) is 1. The molecule has 0 spiro atoms. The van der Waals surface area contributed by atoms with Crippen molar-refractivity contribution in [2.45, 2.75) is 30.6 Å². The van der Waals surface area contributed by atoms with Crippen LogP contribution in [0.1, 0.15) is 19.8 Å². The highest BCUT2D eigenvalue weighted by Crippen LogP contribution is 2.36. The second-order valence-electron chi connectivity index (χ2n) is 4.72. The number of hydrogen-bond donors (Lipinski definition) is 3. The second kappa shape index (κ2) is 8.06. The van der Waals surface area contributed by atoms with Gasteiger partial charge in [0.1, 0.15) is 6.61 Å². The second-order valence-corrected chi connectivity index (χ2v) is 6.40. The summed E-state index contributed by atoms with van der Waals surface area (Å²) >= 11 is 0. The summed E-state index contributed by atoms with van der Waals surface area (Å²) in [6.07, 6.45) is -0.401. The number of aliphatic carboxylic acids is 1. The molecule has 0 aromatic rings. The quantitative estimate of drug-likeness (QED) is 0.296. The number of esters is 1. The van der Waals surface area contributed by atoms with Gasteiger partial charge in [0.25, 0.3) is 10.1 Å². The number of ether oxygens (including phenoxy) is 1. The summed E-state index contributed by atoms with van der Waals surface area (Å²) in [6.45, 7) is 7.37. The first kappa shape index (κ1) is 20.3. The minimum Gasteiger partial charge on any atom is -0.481 e. The molecule has 3 atom stereocenters. The average Bonchev–Trinajstić information content (AvgIpc) is 2.37. The summed E-state index contributed by atoms with van der Waals surface area (Å²) in [5.41, 5.74) is 0. The van der Waals surface area contributed by atoms with Gasteiger partial charge in [-0.1, -0.05) is 18.7 Å². The van der Waals surface area contributed by atoms with Crippen molar-refractivity contribution < 1.29 is 37.5 Å². The van der Waals surface area contributed by atoms with Crippen molar-refractivity contribution in [3.63, 3.8) is 0 Å². The monoisotopic (exact) mass is 336 g/mol. The van der Waals surface area contributed by atoms with Crippen molar-refractivity contribution in [2.75, 3.05) is 6.61 Å². The van der Waals surface area contributed by atoms with Gasteiger partial charge in [0.05, 0.1) is 12.0 Å². The van der Waals surface area contributed by atoms with E-state index in [2.05, 4.69) is 17.9 Å². The van der Waals surface area contributed by atoms with E-state index in [0.29, 0.717) is 0 Å². The first-order valence-electron chi connectivity index (χ1n) is 6.31. The third kappa shape index (κ3) is 4.39. The molecular weight excluding hydrogens is 316 g/mol. The Kier molecular flexibility index (Phi) is 7.44. The summed E-state index contributed by atoms with van der Waals surface area (Å²) in [7, 11) is -5.22. The van der Waals surface area contributed by atoms with Crippen LogP contribution in [0.15, 0.2) is 25.3 Å². The molecular formula is C13H20O8S. The van der Waals surface area contributed by atoms with Crippen LogP contribution in [0, 0.1) is 5.92 Å². The number of carbonyl (C=O) groups is 2. The van der Waals surface area contributed by atoms with Crippen molar-refractivity contribution >= 4 is 22.1 Å². The summed E-state index contributed by atoms with van der Waals surface area (Å²) in [4.78, 5) is 23.6. The highest BCUT2D eigenvalue weighted by atomic mass is 32.2. The summed E-state index contributed by atoms with van der Waals surface area (Å²) in [5.74, 6) is -4.98. The topological polar surface area (TPSA) is 138 Å². The van der Waals surface area contributed by atoms with Crippen LogP contribution in [-0.4, -0.2) is 52.6 Å². The maximum Gasteiger partial charge on any atom is 0.331 e. The van der Waals surface area contributed by atoms with Gasteiger partial charge in [-0.2, -0.15) is 8.42 Å². The van der Waals surface area contributed by atoms with E-state index in [1.54, 1.807) is 0 Å². The molecule has 0 aromatic carbocycles. The predicted octanol–water partition coefficient (Wildman–Crippen LogP) is 0.390. The molecule has 0 aliphatic rings. The molecule has 126 valence electrons. The molecule has 0 aliphatic heterocycles. The first-order chi connectivity index (χ1) is 10.0. The Morgan fingerprint density at radius 3 is 2.18 bits per heavy atom. The molecule has 0 bridgehead atoms. The maximum atomic E-state index is 12.2. The third-order valence-corrected chi connectivity index (χ3v) is 4.54. The number of allylic oxidation sites excluding steroid dienone is 1. The van der Waals surface area contributed by atoms with E-state index in [1.165, 1.54) is 0 Å². The Hall–Kier alpha value is -1.71. The number of carboxylic acids is 1. The minimum atomic E-state index is -5.22. The Morgan fingerprint density at radius 1 is 1.32 bits per heavy atom. The summed E-state index contributed by atoms with van der Waals surface area (Å²) < 4.78 is 35.0. The first-order valence-corrected chi connectivity index (χ1v) is 7.75. The lowest BCUT2D eigenvalue weighted by Gasteiger charge is -2.33. The van der Waals surface area contributed by atoms with Gasteiger partial charge >= 0.3 is 11.9 Å². The largest absolute Gasteiger partial charge is 0.481 e. The third-order valence-electron chi connectivity index (χ3n) is 3.00. The molecule has 0 heterocycles. The molecule has 9 heteroatoms. The zero-order valence-corrected chi connectivity index (χ0v) is 13.0. The van der Waals surface area contributed by atoms with Crippen LogP contribution in [0.5, 0.6) is 0 Å². The van der Waals surface area contributed by atoms with Crippen LogP contribution in [0.4, 0.5) is 0 Å². The van der Waals surface area contributed by atoms with Crippen LogP contribution >= 0.6 is 0 Å². The molecule has 22 heavy (non-hydrogen) atoms. The number of aliphatic hydroxyl groups excluding tert-OH is 1. The number of aliphatic hydroxyl groups is 1. The summed E-state index contributed by atoms with van der Waals surface area (Å²) in [6, 6.07) is 0. The van der Waals surface area contributed by atoms with E-state index in [4.69, 9.17) is 0 Å². The molecule has 0 saturated carbocycles. The molecule has 3 unspecified atom stereocenters. The Morgan fingerprint density at radius 2 is 1.86 bits per heavy atom. The van der Waals surface area contributed by atoms with E-state index >= 15 is 0 Å². The summed E-state index contributed by atoms with van der Waals surface area (Å²) in [5, 5.41) is 18.8. The molecule has 3 N–H and O–H groups in total. The van der Waals surface area contributed by atoms with E-state index < -0.39 is 51.7 Å². The molecule has 0 rings (SSSR count). The standard InChI is InChI=1S/C13H20O8S/c1-4-6-10(11(15)16)13(8-9(3)14,22(18,19)20)12(17)21-7-5-2/h4-5,9-10,14H,1-2,6-8H2,3H3,(H,15,16)(H,18,19,20). The van der Waals surface area contributed by atoms with Crippen molar-refractivity contribution in [3.8, 4) is 0 Å². The molecule has 8 nitrogen and oxygen atoms in total. The van der Waals surface area contributed by atoms with Crippen LogP contribution in [0.2, 0.25) is 0 Å². The van der Waals surface area contributed by atoms with Crippen LogP contribution in [-0.2, 0) is 24.4 Å². The van der Waals surface area contributed by atoms with Gasteiger partial charge < -0.3 is 14.9 Å². The van der Waals surface area contributed by atoms with Gasteiger partial charge in [-0.05, 0) is 13.3 Å². The highest BCUT2D eigenvalue weighted by Gasteiger charge is 2.60. The van der Waals surface area contributed by atoms with Crippen LogP contribution in [0.25, 0.3) is 0 Å². The van der Waals surface area contributed by atoms with Crippen LogP contribution in [0.3, 0.4) is 0 Å². The van der Waals surface area contributed by atoms with Gasteiger partial charge in [-0.3, -0.25) is 14.1 Å². The fourth-order valence-electron chi connectivity index (χ4n) is 2.11. The van der Waals surface area contributed by atoms with Crippen LogP contribution < -0.4 is 0 Å². The van der Waals surface area contributed by atoms with Gasteiger partial charge in [0, 0.05) is 6.42 Å². The SMILES string of the molecule is C=CCOC(=O)C(CC(C)O)(C(CC=C)C(=O)O)S(=O)(=O)O. The van der Waals surface area contributed by atoms with Crippen molar-refractivity contribution in [3.05, 3.63) is 25.3 Å². The highest BCUT2D eigenvalue weighted by molar-refractivity contribution is 7.88. The number of hydrogen-bond acceptors (Lipinski definition) is 6. The maximum absolute atomic E-state index is 12.2. The van der Waals surface area contributed by atoms with Gasteiger partial charge in [-0.15, -0.1) is 6.58 Å². The normalized spacial score (nSPS) is 16.9. The van der Waals surface area contributed by atoms with E-state index in [1.807, 2.05) is 0 Å². The zero-order valence-electron chi connectivity index (χ0n) is 12.1. The molecule has 0 aromatic heterocycles. The van der Waals surface area contributed by atoms with Gasteiger partial charge in [0.15, 0.2) is 0 Å². The fraction of sp³-hybridized carbons (Fsp3) is 0.538. The molecule has 0 fully saturated rings. The minimum absolute atomic E-state index is 0.379. The van der Waals surface area contributed by atoms with Crippen molar-refractivity contribution in [2.24, 2.45) is 5.92 Å². The van der Waals surface area contributed by atoms with Gasteiger partial charge in [-0.25, -0.2) is 0 Å². The number of rotatable bonds is 10. The van der Waals surface area contributed by atoms with E-state index in [-0.39, 0.29) is 6.61 Å². The number of carbonyl (C=O) groups excluding carboxylic acids is 1. The Labute approximate surface area is 128 Å². The fourth-order valence-corrected chi connectivity index (χ4v) is 3.39. The van der Waals surface area contributed by atoms with Crippen molar-refractivity contribution in [1.29, 1.82) is 0 Å². The molecule has 0 radical (unpaired) electrons. The molecule has 0 aliphatic carbocycles. The Balaban J connectivity index is 6.28. The lowest BCUT2D eigenvalue weighted by molar-refractivity contribution is -0.156. The average molecular weight is 336 g/mol. The molecule has 0 saturated heterocycles. The van der Waals surface area contributed by atoms with Gasteiger partial charge in [0.2, 0.25) is 4.75 Å². The van der Waals surface area contributed by atoms with E-state index in [0.717, 1.165) is 19.1 Å². The Bertz CT molecular complexity index is 536. The zero-order chi connectivity index (χ0) is 17.6. The lowest BCUT2D eigenvalue weighted by atomic mass is 9.84. The predicted molar refractivity (Wildman–Crippen MR) is 77.7 cm³/mol. The lowest BCUT2D eigenvalue weighted by Crippen LogP contribution is -2.57. The van der Waals surface area contributed by atoms with Crippen molar-refractivity contribution in [1.82, 2.24) is 0 Å². The smallest absolute Gasteiger partial charge is 0.331 e. The molecule has 0 amide bonds.